The molecule has 0 fully saturated rings. The molecule has 0 saturated carbocycles. The van der Waals surface area contributed by atoms with E-state index in [1.807, 2.05) is 25.1 Å². The summed E-state index contributed by atoms with van der Waals surface area (Å²) in [4.78, 5) is 15.7. The summed E-state index contributed by atoms with van der Waals surface area (Å²) < 4.78 is 6.00. The van der Waals surface area contributed by atoms with Crippen molar-refractivity contribution in [3.05, 3.63) is 58.3 Å². The summed E-state index contributed by atoms with van der Waals surface area (Å²) >= 11 is 3.42. The molecule has 0 aliphatic heterocycles. The highest BCUT2D eigenvalue weighted by molar-refractivity contribution is 9.10. The molecule has 1 aromatic heterocycles. The van der Waals surface area contributed by atoms with Crippen LogP contribution in [0.3, 0.4) is 0 Å². The maximum absolute atomic E-state index is 11.9. The lowest BCUT2D eigenvalue weighted by atomic mass is 10.1. The predicted octanol–water partition coefficient (Wildman–Crippen LogP) is 3.01. The van der Waals surface area contributed by atoms with Crippen molar-refractivity contribution in [1.82, 2.24) is 10.4 Å². The minimum atomic E-state index is -0.274. The number of benzene rings is 1. The number of hydrazone groups is 1. The number of nitrogens with one attached hydrogen (secondary N) is 1. The summed E-state index contributed by atoms with van der Waals surface area (Å²) in [6.07, 6.45) is 3.12. The largest absolute Gasteiger partial charge is 0.496 e. The Hall–Kier alpha value is -2.21. The van der Waals surface area contributed by atoms with Crippen LogP contribution >= 0.6 is 15.9 Å². The van der Waals surface area contributed by atoms with Crippen molar-refractivity contribution in [1.29, 1.82) is 0 Å². The van der Waals surface area contributed by atoms with Crippen molar-refractivity contribution >= 4 is 27.5 Å². The third-order valence-corrected chi connectivity index (χ3v) is 3.46. The fraction of sp³-hybridized carbons (Fsp3) is 0.133. The molecule has 6 heteroatoms. The van der Waals surface area contributed by atoms with Crippen LogP contribution in [-0.2, 0) is 0 Å². The molecule has 0 atom stereocenters. The molecule has 0 spiro atoms. The number of methoxy groups -OCH3 is 1. The molecular weight excluding hydrogens is 334 g/mol. The summed E-state index contributed by atoms with van der Waals surface area (Å²) in [5.74, 6) is 0.469. The number of carbonyl (C=O) groups excluding carboxylic acids is 1. The summed E-state index contributed by atoms with van der Waals surface area (Å²) in [7, 11) is 1.61. The lowest BCUT2D eigenvalue weighted by Gasteiger charge is -2.06. The van der Waals surface area contributed by atoms with Gasteiger partial charge in [0.05, 0.1) is 17.3 Å². The van der Waals surface area contributed by atoms with Gasteiger partial charge in [-0.05, 0) is 58.7 Å². The van der Waals surface area contributed by atoms with E-state index >= 15 is 0 Å². The fourth-order valence-corrected chi connectivity index (χ4v) is 2.20. The average molecular weight is 348 g/mol. The van der Waals surface area contributed by atoms with E-state index in [1.54, 1.807) is 31.6 Å². The van der Waals surface area contributed by atoms with Crippen LogP contribution in [0.5, 0.6) is 5.75 Å². The molecule has 108 valence electrons. The molecule has 0 bridgehead atoms. The van der Waals surface area contributed by atoms with Crippen LogP contribution in [0.15, 0.2) is 52.3 Å². The molecule has 1 N–H and O–H groups in total. The first kappa shape index (κ1) is 15.2. The molecule has 1 amide bonds. The summed E-state index contributed by atoms with van der Waals surface area (Å²) in [6.45, 7) is 1.82. The van der Waals surface area contributed by atoms with Gasteiger partial charge in [-0.25, -0.2) is 5.43 Å². The number of rotatable bonds is 4. The minimum absolute atomic E-state index is 0.274. The molecule has 0 aliphatic carbocycles. The maximum atomic E-state index is 11.9. The van der Waals surface area contributed by atoms with Gasteiger partial charge in [0.2, 0.25) is 0 Å². The highest BCUT2D eigenvalue weighted by Crippen LogP contribution is 2.25. The van der Waals surface area contributed by atoms with Crippen molar-refractivity contribution in [3.8, 4) is 5.75 Å². The number of nitrogens with zero attached hydrogens (tertiary/aromatic N) is 2. The second kappa shape index (κ2) is 6.99. The SMILES string of the molecule is COc1ccc(/C(C)=N/NC(=O)c2ccncc2)cc1Br. The summed E-state index contributed by atoms with van der Waals surface area (Å²) in [6, 6.07) is 8.86. The second-order valence-electron chi connectivity index (χ2n) is 4.22. The maximum Gasteiger partial charge on any atom is 0.271 e. The van der Waals surface area contributed by atoms with Crippen molar-refractivity contribution in [2.75, 3.05) is 7.11 Å². The van der Waals surface area contributed by atoms with E-state index < -0.39 is 0 Å². The van der Waals surface area contributed by atoms with Gasteiger partial charge in [0.25, 0.3) is 5.91 Å². The normalized spacial score (nSPS) is 11.1. The lowest BCUT2D eigenvalue weighted by Crippen LogP contribution is -2.19. The Labute approximate surface area is 131 Å². The van der Waals surface area contributed by atoms with E-state index in [9.17, 15) is 4.79 Å². The molecule has 21 heavy (non-hydrogen) atoms. The molecular formula is C15H14BrN3O2. The van der Waals surface area contributed by atoms with Gasteiger partial charge in [-0.2, -0.15) is 5.10 Å². The van der Waals surface area contributed by atoms with E-state index in [2.05, 4.69) is 31.4 Å². The van der Waals surface area contributed by atoms with E-state index in [-0.39, 0.29) is 5.91 Å². The molecule has 0 saturated heterocycles. The Balaban J connectivity index is 2.11. The first-order chi connectivity index (χ1) is 10.1. The summed E-state index contributed by atoms with van der Waals surface area (Å²) in [5.41, 5.74) is 4.61. The van der Waals surface area contributed by atoms with Gasteiger partial charge in [0.15, 0.2) is 0 Å². The molecule has 1 heterocycles. The number of carbonyl (C=O) groups is 1. The van der Waals surface area contributed by atoms with Crippen LogP contribution in [0.25, 0.3) is 0 Å². The van der Waals surface area contributed by atoms with Gasteiger partial charge in [0, 0.05) is 18.0 Å². The highest BCUT2D eigenvalue weighted by atomic mass is 79.9. The van der Waals surface area contributed by atoms with Crippen LogP contribution in [0.1, 0.15) is 22.8 Å². The van der Waals surface area contributed by atoms with Crippen LogP contribution in [0, 0.1) is 0 Å². The predicted molar refractivity (Wildman–Crippen MR) is 84.6 cm³/mol. The standard InChI is InChI=1S/C15H14BrN3O2/c1-10(12-3-4-14(21-2)13(16)9-12)18-19-15(20)11-5-7-17-8-6-11/h3-9H,1-2H3,(H,19,20)/b18-10+. The Bertz CT molecular complexity index is 672. The van der Waals surface area contributed by atoms with Crippen molar-refractivity contribution in [2.24, 2.45) is 5.10 Å². The molecule has 0 radical (unpaired) electrons. The van der Waals surface area contributed by atoms with E-state index in [0.717, 1.165) is 15.8 Å². The Morgan fingerprint density at radius 2 is 1.95 bits per heavy atom. The van der Waals surface area contributed by atoms with Crippen LogP contribution in [0.4, 0.5) is 0 Å². The first-order valence-corrected chi connectivity index (χ1v) is 6.99. The minimum Gasteiger partial charge on any atom is -0.496 e. The molecule has 1 aromatic carbocycles. The average Bonchev–Trinajstić information content (AvgIpc) is 2.53. The van der Waals surface area contributed by atoms with Gasteiger partial charge < -0.3 is 4.74 Å². The van der Waals surface area contributed by atoms with Crippen molar-refractivity contribution in [2.45, 2.75) is 6.92 Å². The highest BCUT2D eigenvalue weighted by Gasteiger charge is 2.06. The molecule has 2 rings (SSSR count). The number of ether oxygens (including phenoxy) is 1. The molecule has 2 aromatic rings. The van der Waals surface area contributed by atoms with Crippen LogP contribution in [-0.4, -0.2) is 23.7 Å². The monoisotopic (exact) mass is 347 g/mol. The van der Waals surface area contributed by atoms with Gasteiger partial charge >= 0.3 is 0 Å². The zero-order chi connectivity index (χ0) is 15.2. The first-order valence-electron chi connectivity index (χ1n) is 6.20. The second-order valence-corrected chi connectivity index (χ2v) is 5.08. The number of aromatic nitrogens is 1. The number of amides is 1. The quantitative estimate of drug-likeness (QED) is 0.682. The third-order valence-electron chi connectivity index (χ3n) is 2.84. The van der Waals surface area contributed by atoms with E-state index in [4.69, 9.17) is 4.74 Å². The topological polar surface area (TPSA) is 63.6 Å². The Kier molecular flexibility index (Phi) is 5.05. The lowest BCUT2D eigenvalue weighted by molar-refractivity contribution is 0.0954. The fourth-order valence-electron chi connectivity index (χ4n) is 1.66. The van der Waals surface area contributed by atoms with E-state index in [1.165, 1.54) is 0 Å². The third kappa shape index (κ3) is 3.88. The number of hydrogen-bond acceptors (Lipinski definition) is 4. The smallest absolute Gasteiger partial charge is 0.271 e. The van der Waals surface area contributed by atoms with Gasteiger partial charge in [-0.15, -0.1) is 0 Å². The molecule has 0 unspecified atom stereocenters. The molecule has 5 nitrogen and oxygen atoms in total. The van der Waals surface area contributed by atoms with Gasteiger partial charge in [0.1, 0.15) is 5.75 Å². The summed E-state index contributed by atoms with van der Waals surface area (Å²) in [5, 5.41) is 4.10. The van der Waals surface area contributed by atoms with Gasteiger partial charge in [-0.3, -0.25) is 9.78 Å². The Morgan fingerprint density at radius 1 is 1.24 bits per heavy atom. The van der Waals surface area contributed by atoms with Crippen molar-refractivity contribution in [3.63, 3.8) is 0 Å². The number of halogens is 1. The zero-order valence-corrected chi connectivity index (χ0v) is 13.2. The van der Waals surface area contributed by atoms with Crippen LogP contribution < -0.4 is 10.2 Å². The molecule has 0 aliphatic rings. The van der Waals surface area contributed by atoms with Crippen LogP contribution in [0.2, 0.25) is 0 Å². The van der Waals surface area contributed by atoms with Crippen molar-refractivity contribution < 1.29 is 9.53 Å². The number of pyridine rings is 1. The Morgan fingerprint density at radius 3 is 2.57 bits per heavy atom. The van der Waals surface area contributed by atoms with E-state index in [0.29, 0.717) is 11.3 Å². The zero-order valence-electron chi connectivity index (χ0n) is 11.6. The van der Waals surface area contributed by atoms with Gasteiger partial charge in [-0.1, -0.05) is 0 Å². The number of hydrogen-bond donors (Lipinski definition) is 1.